The molecule has 3 aromatic heterocycles. The molecule has 8 nitrogen and oxygen atoms in total. The lowest BCUT2D eigenvalue weighted by atomic mass is 10.2. The number of rotatable bonds is 8. The number of nitrogens with zero attached hydrogens (tertiary/aromatic N) is 5. The van der Waals surface area contributed by atoms with E-state index in [4.69, 9.17) is 16.3 Å². The average molecular weight is 619 g/mol. The summed E-state index contributed by atoms with van der Waals surface area (Å²) in [4.78, 5) is 4.25. The van der Waals surface area contributed by atoms with Crippen LogP contribution in [0.25, 0.3) is 16.3 Å². The summed E-state index contributed by atoms with van der Waals surface area (Å²) in [5.41, 5.74) is 0.673. The van der Waals surface area contributed by atoms with Gasteiger partial charge in [0.15, 0.2) is 21.0 Å². The Morgan fingerprint density at radius 1 is 1.28 bits per heavy atom. The van der Waals surface area contributed by atoms with Crippen molar-refractivity contribution in [1.29, 1.82) is 0 Å². The van der Waals surface area contributed by atoms with Crippen LogP contribution in [0, 0.1) is 0 Å². The van der Waals surface area contributed by atoms with E-state index < -0.39 is 27.0 Å². The highest BCUT2D eigenvalue weighted by Crippen LogP contribution is 2.45. The van der Waals surface area contributed by atoms with E-state index in [0.29, 0.717) is 27.1 Å². The van der Waals surface area contributed by atoms with Crippen LogP contribution >= 0.6 is 38.9 Å². The summed E-state index contributed by atoms with van der Waals surface area (Å²) in [6, 6.07) is 8.70. The van der Waals surface area contributed by atoms with E-state index in [2.05, 4.69) is 31.1 Å². The molecule has 0 saturated heterocycles. The van der Waals surface area contributed by atoms with Crippen LogP contribution in [0.15, 0.2) is 45.9 Å². The molecule has 190 valence electrons. The molecule has 1 saturated carbocycles. The highest BCUT2D eigenvalue weighted by molar-refractivity contribution is 9.10. The van der Waals surface area contributed by atoms with Crippen molar-refractivity contribution >= 4 is 54.4 Å². The monoisotopic (exact) mass is 617 g/mol. The number of halogens is 4. The van der Waals surface area contributed by atoms with Crippen LogP contribution in [0.2, 0.25) is 5.15 Å². The molecule has 1 aliphatic rings. The van der Waals surface area contributed by atoms with Crippen molar-refractivity contribution in [2.24, 2.45) is 0 Å². The van der Waals surface area contributed by atoms with Crippen molar-refractivity contribution in [3.63, 3.8) is 0 Å². The summed E-state index contributed by atoms with van der Waals surface area (Å²) >= 11 is 10.4. The van der Waals surface area contributed by atoms with Gasteiger partial charge in [0.05, 0.1) is 12.6 Å². The highest BCUT2D eigenvalue weighted by Gasteiger charge is 2.49. The zero-order valence-corrected chi connectivity index (χ0v) is 22.9. The Bertz CT molecular complexity index is 1560. The molecule has 0 radical (unpaired) electrons. The Morgan fingerprint density at radius 3 is 2.56 bits per heavy atom. The van der Waals surface area contributed by atoms with Crippen molar-refractivity contribution in [3.05, 3.63) is 56.7 Å². The van der Waals surface area contributed by atoms with Gasteiger partial charge >= 0.3 is 0 Å². The Labute approximate surface area is 223 Å². The first-order valence-corrected chi connectivity index (χ1v) is 14.1. The van der Waals surface area contributed by atoms with Gasteiger partial charge in [-0.25, -0.2) is 22.2 Å². The van der Waals surface area contributed by atoms with Gasteiger partial charge in [0.2, 0.25) is 10.0 Å². The number of aromatic nitrogens is 4. The Kier molecular flexibility index (Phi) is 6.56. The minimum absolute atomic E-state index is 0.00238. The second-order valence-electron chi connectivity index (χ2n) is 8.57. The summed E-state index contributed by atoms with van der Waals surface area (Å²) in [6.45, 7) is 2.08. The van der Waals surface area contributed by atoms with E-state index in [1.807, 2.05) is 19.1 Å². The lowest BCUT2D eigenvalue weighted by Crippen LogP contribution is -2.39. The fourth-order valence-corrected chi connectivity index (χ4v) is 7.52. The molecule has 1 aliphatic carbocycles. The molecule has 0 amide bonds. The molecule has 36 heavy (non-hydrogen) atoms. The molecular formula is C22H19BrClF2N5O3S2. The van der Waals surface area contributed by atoms with E-state index in [-0.39, 0.29) is 27.4 Å². The van der Waals surface area contributed by atoms with Crippen LogP contribution in [0.4, 0.5) is 8.78 Å². The zero-order chi connectivity index (χ0) is 25.8. The maximum atomic E-state index is 14.0. The molecule has 0 spiro atoms. The lowest BCUT2D eigenvalue weighted by Gasteiger charge is -2.28. The number of ether oxygens (including phenoxy) is 1. The van der Waals surface area contributed by atoms with Gasteiger partial charge in [-0.15, -0.1) is 10.2 Å². The number of benzene rings is 1. The van der Waals surface area contributed by atoms with Gasteiger partial charge in [-0.05, 0) is 59.5 Å². The van der Waals surface area contributed by atoms with Crippen molar-refractivity contribution in [2.45, 2.75) is 43.2 Å². The van der Waals surface area contributed by atoms with Gasteiger partial charge < -0.3 is 4.74 Å². The lowest BCUT2D eigenvalue weighted by molar-refractivity contribution is 0.150. The molecule has 5 rings (SSSR count). The molecule has 0 aliphatic heterocycles. The van der Waals surface area contributed by atoms with Crippen LogP contribution in [-0.2, 0) is 16.6 Å². The van der Waals surface area contributed by atoms with E-state index in [1.165, 1.54) is 21.0 Å². The summed E-state index contributed by atoms with van der Waals surface area (Å²) in [6.07, 6.45) is 0.0656. The maximum Gasteiger partial charge on any atom is 0.291 e. The predicted molar refractivity (Wildman–Crippen MR) is 135 cm³/mol. The SMILES string of the molecule is COc1ccc(CN(C2(C)CC2)S(=O)(=O)c2cc(Br)c3c(Cl)nc(-c4nnc(C(F)F)s4)n3c2)cc1. The molecule has 0 bridgehead atoms. The number of imidazole rings is 1. The number of fused-ring (bicyclic) bond motifs is 1. The first-order chi connectivity index (χ1) is 17.0. The fourth-order valence-electron chi connectivity index (χ4n) is 3.83. The van der Waals surface area contributed by atoms with Gasteiger partial charge in [-0.3, -0.25) is 4.40 Å². The molecule has 0 N–H and O–H groups in total. The smallest absolute Gasteiger partial charge is 0.291 e. The molecule has 0 atom stereocenters. The summed E-state index contributed by atoms with van der Waals surface area (Å²) in [7, 11) is -2.43. The summed E-state index contributed by atoms with van der Waals surface area (Å²) < 4.78 is 62.6. The molecule has 4 aromatic rings. The number of hydrogen-bond acceptors (Lipinski definition) is 7. The van der Waals surface area contributed by atoms with Crippen molar-refractivity contribution in [1.82, 2.24) is 23.9 Å². The van der Waals surface area contributed by atoms with E-state index in [0.717, 1.165) is 18.4 Å². The molecule has 3 heterocycles. The van der Waals surface area contributed by atoms with Gasteiger partial charge in [-0.1, -0.05) is 35.1 Å². The summed E-state index contributed by atoms with van der Waals surface area (Å²) in [5.74, 6) is 0.799. The average Bonchev–Trinajstić information content (AvgIpc) is 3.25. The number of hydrogen-bond donors (Lipinski definition) is 0. The van der Waals surface area contributed by atoms with Gasteiger partial charge in [0.25, 0.3) is 6.43 Å². The van der Waals surface area contributed by atoms with Crippen LogP contribution in [0.3, 0.4) is 0 Å². The van der Waals surface area contributed by atoms with Crippen molar-refractivity contribution in [2.75, 3.05) is 7.11 Å². The number of methoxy groups -OCH3 is 1. The van der Waals surface area contributed by atoms with Crippen LogP contribution < -0.4 is 4.74 Å². The number of sulfonamides is 1. The molecule has 14 heteroatoms. The van der Waals surface area contributed by atoms with E-state index in [9.17, 15) is 17.2 Å². The Balaban J connectivity index is 1.60. The van der Waals surface area contributed by atoms with E-state index >= 15 is 0 Å². The highest BCUT2D eigenvalue weighted by atomic mass is 79.9. The maximum absolute atomic E-state index is 14.0. The third-order valence-corrected chi connectivity index (χ3v) is 9.85. The minimum Gasteiger partial charge on any atom is -0.497 e. The first-order valence-electron chi connectivity index (χ1n) is 10.7. The Morgan fingerprint density at radius 2 is 1.97 bits per heavy atom. The van der Waals surface area contributed by atoms with Gasteiger partial charge in [0, 0.05) is 22.8 Å². The molecule has 1 aromatic carbocycles. The molecule has 1 fully saturated rings. The summed E-state index contributed by atoms with van der Waals surface area (Å²) in [5, 5.41) is 7.01. The van der Waals surface area contributed by atoms with Crippen LogP contribution in [0.1, 0.15) is 36.8 Å². The molecule has 0 unspecified atom stereocenters. The van der Waals surface area contributed by atoms with Crippen LogP contribution in [-0.4, -0.2) is 45.0 Å². The second-order valence-corrected chi connectivity index (χ2v) is 12.7. The quantitative estimate of drug-likeness (QED) is 0.242. The fraction of sp³-hybridized carbons (Fsp3) is 0.318. The van der Waals surface area contributed by atoms with E-state index in [1.54, 1.807) is 19.2 Å². The van der Waals surface area contributed by atoms with Gasteiger partial charge in [0.1, 0.15) is 10.6 Å². The van der Waals surface area contributed by atoms with Crippen LogP contribution in [0.5, 0.6) is 5.75 Å². The first kappa shape index (κ1) is 25.5. The van der Waals surface area contributed by atoms with Gasteiger partial charge in [-0.2, -0.15) is 4.31 Å². The minimum atomic E-state index is -3.99. The standard InChI is InChI=1S/C22H19BrClF2N5O3S2/c1-22(7-8-22)31(10-12-3-5-13(34-2)6-4-12)36(32,33)14-9-15(23)16-17(24)27-19(30(16)11-14)21-29-28-20(35-21)18(25)26/h3-6,9,11,18H,7-8,10H2,1-2H3. The topological polar surface area (TPSA) is 89.7 Å². The number of pyridine rings is 1. The normalized spacial score (nSPS) is 15.2. The second kappa shape index (κ2) is 9.28. The van der Waals surface area contributed by atoms with Crippen molar-refractivity contribution in [3.8, 4) is 16.6 Å². The Hall–Kier alpha value is -2.19. The predicted octanol–water partition coefficient (Wildman–Crippen LogP) is 5.96. The third kappa shape index (κ3) is 4.51. The zero-order valence-electron chi connectivity index (χ0n) is 19.0. The third-order valence-electron chi connectivity index (χ3n) is 6.09. The largest absolute Gasteiger partial charge is 0.497 e. The number of alkyl halides is 2. The van der Waals surface area contributed by atoms with Crippen molar-refractivity contribution < 1.29 is 21.9 Å². The molecular weight excluding hydrogens is 600 g/mol.